The van der Waals surface area contributed by atoms with Crippen molar-refractivity contribution in [2.24, 2.45) is 5.92 Å². The Bertz CT molecular complexity index is 202. The Labute approximate surface area is 71.3 Å². The van der Waals surface area contributed by atoms with E-state index in [0.717, 1.165) is 12.8 Å². The number of amides is 1. The lowest BCUT2D eigenvalue weighted by Crippen LogP contribution is -2.48. The second-order valence-corrected chi connectivity index (χ2v) is 3.13. The molecule has 1 aliphatic rings. The summed E-state index contributed by atoms with van der Waals surface area (Å²) < 4.78 is 4.27. The molecule has 2 unspecified atom stereocenters. The summed E-state index contributed by atoms with van der Waals surface area (Å²) in [5, 5.41) is 2.60. The van der Waals surface area contributed by atoms with E-state index in [4.69, 9.17) is 0 Å². The number of carbonyl (C=O) groups excluding carboxylic acids is 2. The van der Waals surface area contributed by atoms with E-state index in [-0.39, 0.29) is 6.04 Å². The minimum atomic E-state index is -0.811. The number of methoxy groups -OCH3 is 1. The van der Waals surface area contributed by atoms with Crippen molar-refractivity contribution in [1.82, 2.24) is 5.32 Å². The molecule has 0 saturated heterocycles. The van der Waals surface area contributed by atoms with Crippen LogP contribution in [0.3, 0.4) is 0 Å². The minimum absolute atomic E-state index is 0.164. The van der Waals surface area contributed by atoms with Crippen molar-refractivity contribution in [3.05, 3.63) is 0 Å². The Morgan fingerprint density at radius 3 is 2.42 bits per heavy atom. The van der Waals surface area contributed by atoms with Crippen molar-refractivity contribution in [2.75, 3.05) is 7.11 Å². The lowest BCUT2D eigenvalue weighted by molar-refractivity contribution is -0.153. The first kappa shape index (κ1) is 9.03. The van der Waals surface area contributed by atoms with Crippen molar-refractivity contribution >= 4 is 11.9 Å². The average molecular weight is 171 g/mol. The van der Waals surface area contributed by atoms with E-state index in [9.17, 15) is 9.59 Å². The monoisotopic (exact) mass is 171 g/mol. The van der Waals surface area contributed by atoms with Gasteiger partial charge in [-0.1, -0.05) is 6.92 Å². The third-order valence-corrected chi connectivity index (χ3v) is 2.31. The normalized spacial score (nSPS) is 27.2. The van der Waals surface area contributed by atoms with Crippen molar-refractivity contribution < 1.29 is 14.3 Å². The third-order valence-electron chi connectivity index (χ3n) is 2.31. The fourth-order valence-electron chi connectivity index (χ4n) is 1.20. The first-order valence-corrected chi connectivity index (χ1v) is 4.04. The molecule has 1 N–H and O–H groups in total. The predicted molar refractivity (Wildman–Crippen MR) is 42.3 cm³/mol. The summed E-state index contributed by atoms with van der Waals surface area (Å²) >= 11 is 0. The van der Waals surface area contributed by atoms with Gasteiger partial charge in [-0.05, 0) is 18.8 Å². The number of hydrogen-bond acceptors (Lipinski definition) is 3. The smallest absolute Gasteiger partial charge is 0.396 e. The van der Waals surface area contributed by atoms with Crippen LogP contribution >= 0.6 is 0 Å². The van der Waals surface area contributed by atoms with E-state index in [2.05, 4.69) is 10.1 Å². The molecular formula is C8H13NO3. The van der Waals surface area contributed by atoms with Crippen LogP contribution in [-0.2, 0) is 14.3 Å². The summed E-state index contributed by atoms with van der Waals surface area (Å²) in [5.74, 6) is -0.957. The van der Waals surface area contributed by atoms with Crippen LogP contribution in [0.25, 0.3) is 0 Å². The SMILES string of the molecule is COC(=O)C(=O)NC1CCC1C. The highest BCUT2D eigenvalue weighted by molar-refractivity contribution is 6.32. The molecule has 1 amide bonds. The van der Waals surface area contributed by atoms with Gasteiger partial charge in [0.05, 0.1) is 7.11 Å². The highest BCUT2D eigenvalue weighted by atomic mass is 16.5. The molecule has 1 fully saturated rings. The molecule has 2 atom stereocenters. The Balaban J connectivity index is 2.31. The van der Waals surface area contributed by atoms with Crippen molar-refractivity contribution in [1.29, 1.82) is 0 Å². The molecular weight excluding hydrogens is 158 g/mol. The Morgan fingerprint density at radius 2 is 2.08 bits per heavy atom. The van der Waals surface area contributed by atoms with E-state index < -0.39 is 11.9 Å². The maximum atomic E-state index is 10.9. The van der Waals surface area contributed by atoms with Crippen LogP contribution in [0.1, 0.15) is 19.8 Å². The molecule has 1 rings (SSSR count). The van der Waals surface area contributed by atoms with Gasteiger partial charge >= 0.3 is 11.9 Å². The van der Waals surface area contributed by atoms with Crippen molar-refractivity contribution in [3.8, 4) is 0 Å². The minimum Gasteiger partial charge on any atom is -0.462 e. The third kappa shape index (κ3) is 1.75. The molecule has 12 heavy (non-hydrogen) atoms. The molecule has 0 heterocycles. The standard InChI is InChI=1S/C8H13NO3/c1-5-3-4-6(5)9-7(10)8(11)12-2/h5-6H,3-4H2,1-2H3,(H,9,10). The lowest BCUT2D eigenvalue weighted by Gasteiger charge is -2.33. The molecule has 0 aliphatic heterocycles. The van der Waals surface area contributed by atoms with E-state index in [1.165, 1.54) is 7.11 Å². The average Bonchev–Trinajstić information content (AvgIpc) is 2.09. The molecule has 0 bridgehead atoms. The largest absolute Gasteiger partial charge is 0.462 e. The molecule has 0 radical (unpaired) electrons. The topological polar surface area (TPSA) is 55.4 Å². The molecule has 4 nitrogen and oxygen atoms in total. The number of rotatable bonds is 1. The predicted octanol–water partition coefficient (Wildman–Crippen LogP) is 0.0741. The van der Waals surface area contributed by atoms with Crippen molar-refractivity contribution in [2.45, 2.75) is 25.8 Å². The molecule has 0 aromatic carbocycles. The summed E-state index contributed by atoms with van der Waals surface area (Å²) in [6, 6.07) is 0.164. The summed E-state index contributed by atoms with van der Waals surface area (Å²) in [7, 11) is 1.20. The van der Waals surface area contributed by atoms with Crippen molar-refractivity contribution in [3.63, 3.8) is 0 Å². The highest BCUT2D eigenvalue weighted by Gasteiger charge is 2.29. The zero-order valence-corrected chi connectivity index (χ0v) is 7.29. The van der Waals surface area contributed by atoms with Gasteiger partial charge in [0.2, 0.25) is 0 Å². The van der Waals surface area contributed by atoms with Gasteiger partial charge in [-0.3, -0.25) is 4.79 Å². The summed E-state index contributed by atoms with van der Waals surface area (Å²) in [5.41, 5.74) is 0. The van der Waals surface area contributed by atoms with Crippen LogP contribution in [0, 0.1) is 5.92 Å². The quantitative estimate of drug-likeness (QED) is 0.449. The lowest BCUT2D eigenvalue weighted by atomic mass is 9.81. The Kier molecular flexibility index (Phi) is 2.68. The van der Waals surface area contributed by atoms with E-state index in [1.807, 2.05) is 6.92 Å². The van der Waals surface area contributed by atoms with E-state index in [1.54, 1.807) is 0 Å². The van der Waals surface area contributed by atoms with Gasteiger partial charge in [0.1, 0.15) is 0 Å². The van der Waals surface area contributed by atoms with Gasteiger partial charge in [-0.2, -0.15) is 0 Å². The maximum Gasteiger partial charge on any atom is 0.396 e. The Hall–Kier alpha value is -1.06. The maximum absolute atomic E-state index is 10.9. The Morgan fingerprint density at radius 1 is 1.42 bits per heavy atom. The van der Waals surface area contributed by atoms with Gasteiger partial charge in [-0.15, -0.1) is 0 Å². The van der Waals surface area contributed by atoms with Crippen LogP contribution < -0.4 is 5.32 Å². The molecule has 0 spiro atoms. The number of carbonyl (C=O) groups is 2. The summed E-state index contributed by atoms with van der Waals surface area (Å²) in [6.07, 6.45) is 2.08. The van der Waals surface area contributed by atoms with Gasteiger partial charge in [0.25, 0.3) is 0 Å². The second-order valence-electron chi connectivity index (χ2n) is 3.13. The van der Waals surface area contributed by atoms with Gasteiger partial charge in [0, 0.05) is 6.04 Å². The number of hydrogen-bond donors (Lipinski definition) is 1. The van der Waals surface area contributed by atoms with Crippen LogP contribution in [0.4, 0.5) is 0 Å². The van der Waals surface area contributed by atoms with Crippen LogP contribution in [-0.4, -0.2) is 25.0 Å². The highest BCUT2D eigenvalue weighted by Crippen LogP contribution is 2.26. The second kappa shape index (κ2) is 3.56. The number of ether oxygens (including phenoxy) is 1. The fourth-order valence-corrected chi connectivity index (χ4v) is 1.20. The first-order chi connectivity index (χ1) is 5.65. The summed E-state index contributed by atoms with van der Waals surface area (Å²) in [6.45, 7) is 2.05. The molecule has 4 heteroatoms. The van der Waals surface area contributed by atoms with Crippen LogP contribution in [0.5, 0.6) is 0 Å². The molecule has 1 saturated carbocycles. The first-order valence-electron chi connectivity index (χ1n) is 4.04. The molecule has 1 aliphatic carbocycles. The van der Waals surface area contributed by atoms with Gasteiger partial charge < -0.3 is 10.1 Å². The number of nitrogens with one attached hydrogen (secondary N) is 1. The van der Waals surface area contributed by atoms with E-state index in [0.29, 0.717) is 5.92 Å². The molecule has 0 aromatic rings. The van der Waals surface area contributed by atoms with Gasteiger partial charge in [0.15, 0.2) is 0 Å². The summed E-state index contributed by atoms with van der Waals surface area (Å²) in [4.78, 5) is 21.6. The van der Waals surface area contributed by atoms with Crippen LogP contribution in [0.2, 0.25) is 0 Å². The molecule has 0 aromatic heterocycles. The van der Waals surface area contributed by atoms with Gasteiger partial charge in [-0.25, -0.2) is 4.79 Å². The fraction of sp³-hybridized carbons (Fsp3) is 0.750. The zero-order valence-electron chi connectivity index (χ0n) is 7.29. The van der Waals surface area contributed by atoms with E-state index >= 15 is 0 Å². The molecule has 68 valence electrons. The van der Waals surface area contributed by atoms with Crippen LogP contribution in [0.15, 0.2) is 0 Å². The number of esters is 1. The zero-order chi connectivity index (χ0) is 9.14.